The van der Waals surface area contributed by atoms with E-state index in [1.807, 2.05) is 0 Å². The van der Waals surface area contributed by atoms with Crippen molar-refractivity contribution in [2.24, 2.45) is 0 Å². The number of rotatable bonds is 7. The molecule has 2 aromatic rings. The van der Waals surface area contributed by atoms with Crippen LogP contribution in [0.2, 0.25) is 0 Å². The summed E-state index contributed by atoms with van der Waals surface area (Å²) in [6.07, 6.45) is 8.15. The minimum atomic E-state index is -1.15. The van der Waals surface area contributed by atoms with Gasteiger partial charge in [0.1, 0.15) is 11.8 Å². The molecule has 2 heterocycles. The summed E-state index contributed by atoms with van der Waals surface area (Å²) in [5.41, 5.74) is 0.880. The lowest BCUT2D eigenvalue weighted by Crippen LogP contribution is -2.37. The van der Waals surface area contributed by atoms with Crippen LogP contribution in [-0.2, 0) is 20.6 Å². The Bertz CT molecular complexity index is 1010. The third kappa shape index (κ3) is 5.57. The molecule has 1 saturated carbocycles. The van der Waals surface area contributed by atoms with Crippen LogP contribution in [0.5, 0.6) is 0 Å². The first kappa shape index (κ1) is 23.7. The molecule has 1 saturated heterocycles. The van der Waals surface area contributed by atoms with Crippen LogP contribution in [0, 0.1) is 0 Å². The molecule has 1 aliphatic carbocycles. The Morgan fingerprint density at radius 1 is 1.27 bits per heavy atom. The van der Waals surface area contributed by atoms with Gasteiger partial charge in [0.05, 0.1) is 35.9 Å². The molecule has 1 unspecified atom stereocenters. The first-order valence-corrected chi connectivity index (χ1v) is 11.7. The molecule has 0 radical (unpaired) electrons. The fraction of sp³-hybridized carbons (Fsp3) is 0.478. The van der Waals surface area contributed by atoms with Gasteiger partial charge in [0, 0.05) is 37.0 Å². The van der Waals surface area contributed by atoms with Crippen molar-refractivity contribution in [3.05, 3.63) is 52.0 Å². The average Bonchev–Trinajstić information content (AvgIpc) is 3.22. The maximum atomic E-state index is 12.6. The van der Waals surface area contributed by atoms with Gasteiger partial charge < -0.3 is 24.6 Å². The van der Waals surface area contributed by atoms with Gasteiger partial charge in [-0.2, -0.15) is 0 Å². The highest BCUT2D eigenvalue weighted by molar-refractivity contribution is 9.10. The van der Waals surface area contributed by atoms with Crippen molar-refractivity contribution in [2.75, 3.05) is 19.0 Å². The maximum Gasteiger partial charge on any atom is 0.337 e. The zero-order valence-electron chi connectivity index (χ0n) is 18.3. The van der Waals surface area contributed by atoms with Crippen LogP contribution in [0.15, 0.2) is 35.1 Å². The van der Waals surface area contributed by atoms with Gasteiger partial charge in [-0.25, -0.2) is 9.78 Å². The summed E-state index contributed by atoms with van der Waals surface area (Å²) in [6.45, 7) is 0.478. The van der Waals surface area contributed by atoms with Crippen LogP contribution in [0.3, 0.4) is 0 Å². The Labute approximate surface area is 200 Å². The van der Waals surface area contributed by atoms with Gasteiger partial charge in [-0.3, -0.25) is 9.78 Å². The van der Waals surface area contributed by atoms with Crippen molar-refractivity contribution >= 4 is 33.5 Å². The molecule has 1 aromatic heterocycles. The number of benzene rings is 1. The Balaban J connectivity index is 1.39. The highest BCUT2D eigenvalue weighted by Crippen LogP contribution is 2.39. The van der Waals surface area contributed by atoms with Crippen LogP contribution < -0.4 is 5.32 Å². The van der Waals surface area contributed by atoms with E-state index in [1.165, 1.54) is 30.9 Å². The highest BCUT2D eigenvalue weighted by atomic mass is 79.9. The van der Waals surface area contributed by atoms with Gasteiger partial charge in [-0.05, 0) is 31.0 Å². The highest BCUT2D eigenvalue weighted by Gasteiger charge is 2.44. The number of anilines is 1. The molecule has 4 rings (SSSR count). The van der Waals surface area contributed by atoms with Gasteiger partial charge in [0.15, 0.2) is 5.79 Å². The quantitative estimate of drug-likeness (QED) is 0.566. The van der Waals surface area contributed by atoms with E-state index in [2.05, 4.69) is 31.2 Å². The number of hydrogen-bond acceptors (Lipinski definition) is 7. The fourth-order valence-corrected chi connectivity index (χ4v) is 4.61. The molecule has 2 aliphatic rings. The second-order valence-electron chi connectivity index (χ2n) is 8.26. The lowest BCUT2D eigenvalue weighted by Gasteiger charge is -2.32. The molecule has 2 atom stereocenters. The lowest BCUT2D eigenvalue weighted by atomic mass is 9.94. The number of ether oxygens (including phenoxy) is 3. The zero-order valence-corrected chi connectivity index (χ0v) is 19.8. The van der Waals surface area contributed by atoms with E-state index in [9.17, 15) is 14.7 Å². The van der Waals surface area contributed by atoms with Crippen molar-refractivity contribution in [3.8, 4) is 0 Å². The summed E-state index contributed by atoms with van der Waals surface area (Å²) in [6, 6.07) is 4.58. The van der Waals surface area contributed by atoms with E-state index >= 15 is 0 Å². The molecular formula is C23H26BrN3O6. The molecule has 9 nitrogen and oxygen atoms in total. The van der Waals surface area contributed by atoms with Crippen molar-refractivity contribution in [1.29, 1.82) is 0 Å². The van der Waals surface area contributed by atoms with E-state index in [1.54, 1.807) is 13.2 Å². The Hall–Kier alpha value is -2.40. The van der Waals surface area contributed by atoms with Crippen molar-refractivity contribution in [1.82, 2.24) is 9.97 Å². The molecule has 33 heavy (non-hydrogen) atoms. The predicted molar refractivity (Wildman–Crippen MR) is 122 cm³/mol. The molecule has 0 bridgehead atoms. The molecular weight excluding hydrogens is 494 g/mol. The number of hydrogen-bond donors (Lipinski definition) is 2. The Morgan fingerprint density at radius 3 is 2.73 bits per heavy atom. The zero-order chi connectivity index (χ0) is 23.4. The lowest BCUT2D eigenvalue weighted by molar-refractivity contribution is -0.197. The Morgan fingerprint density at radius 2 is 2.06 bits per heavy atom. The average molecular weight is 520 g/mol. The van der Waals surface area contributed by atoms with Gasteiger partial charge in [0.2, 0.25) is 0 Å². The number of carboxylic acids is 1. The topological polar surface area (TPSA) is 120 Å². The van der Waals surface area contributed by atoms with Gasteiger partial charge in [-0.15, -0.1) is 0 Å². The number of aromatic nitrogens is 2. The summed E-state index contributed by atoms with van der Waals surface area (Å²) < 4.78 is 18.6. The van der Waals surface area contributed by atoms with E-state index in [0.29, 0.717) is 23.2 Å². The largest absolute Gasteiger partial charge is 0.478 e. The molecule has 176 valence electrons. The van der Waals surface area contributed by atoms with E-state index < -0.39 is 17.7 Å². The standard InChI is InChI=1S/C23H26BrN3O6/c1-31-19(20-13-32-23(33-20)7-3-2-4-8-23)10-15-11-26-18(12-25-15)21(28)27-17-6-5-14(24)9-16(17)22(29)30/h5-6,9,11-12,19-20H,2-4,7-8,10,13H2,1H3,(H,27,28)(H,29,30)/t19?,20-/m1/s1. The summed E-state index contributed by atoms with van der Waals surface area (Å²) in [4.78, 5) is 32.6. The number of nitrogens with one attached hydrogen (secondary N) is 1. The van der Waals surface area contributed by atoms with E-state index in [4.69, 9.17) is 14.2 Å². The fourth-order valence-electron chi connectivity index (χ4n) is 4.25. The molecule has 1 aromatic carbocycles. The number of halogens is 1. The molecule has 2 N–H and O–H groups in total. The Kier molecular flexibility index (Phi) is 7.38. The number of nitrogens with zero attached hydrogens (tertiary/aromatic N) is 2. The molecule has 1 amide bonds. The second-order valence-corrected chi connectivity index (χ2v) is 9.17. The third-order valence-corrected chi connectivity index (χ3v) is 6.51. The van der Waals surface area contributed by atoms with Crippen molar-refractivity contribution in [2.45, 2.75) is 56.5 Å². The minimum Gasteiger partial charge on any atom is -0.478 e. The van der Waals surface area contributed by atoms with Crippen LogP contribution in [-0.4, -0.2) is 58.7 Å². The number of carbonyl (C=O) groups is 2. The van der Waals surface area contributed by atoms with Gasteiger partial charge in [0.25, 0.3) is 5.91 Å². The summed E-state index contributed by atoms with van der Waals surface area (Å²) in [5.74, 6) is -2.17. The first-order chi connectivity index (χ1) is 15.9. The third-order valence-electron chi connectivity index (χ3n) is 6.02. The molecule has 10 heteroatoms. The predicted octanol–water partition coefficient (Wildman–Crippen LogP) is 3.82. The van der Waals surface area contributed by atoms with Crippen molar-refractivity contribution < 1.29 is 28.9 Å². The van der Waals surface area contributed by atoms with Gasteiger partial charge >= 0.3 is 5.97 Å². The molecule has 1 spiro atoms. The number of amides is 1. The maximum absolute atomic E-state index is 12.6. The van der Waals surface area contributed by atoms with Crippen LogP contribution in [0.1, 0.15) is 58.6 Å². The summed E-state index contributed by atoms with van der Waals surface area (Å²) in [5, 5.41) is 11.9. The summed E-state index contributed by atoms with van der Waals surface area (Å²) in [7, 11) is 1.63. The number of aromatic carboxylic acids is 1. The molecule has 2 fully saturated rings. The van der Waals surface area contributed by atoms with Crippen molar-refractivity contribution in [3.63, 3.8) is 0 Å². The van der Waals surface area contributed by atoms with Gasteiger partial charge in [-0.1, -0.05) is 22.4 Å². The summed E-state index contributed by atoms with van der Waals surface area (Å²) >= 11 is 3.23. The normalized spacial score (nSPS) is 20.5. The number of carbonyl (C=O) groups excluding carboxylic acids is 1. The second kappa shape index (κ2) is 10.3. The van der Waals surface area contributed by atoms with E-state index in [-0.39, 0.29) is 29.2 Å². The smallest absolute Gasteiger partial charge is 0.337 e. The van der Waals surface area contributed by atoms with Crippen LogP contribution in [0.25, 0.3) is 0 Å². The first-order valence-electron chi connectivity index (χ1n) is 10.9. The monoisotopic (exact) mass is 519 g/mol. The van der Waals surface area contributed by atoms with Crippen LogP contribution >= 0.6 is 15.9 Å². The van der Waals surface area contributed by atoms with E-state index in [0.717, 1.165) is 25.7 Å². The minimum absolute atomic E-state index is 0.0280. The molecule has 1 aliphatic heterocycles. The van der Waals surface area contributed by atoms with Crippen LogP contribution in [0.4, 0.5) is 5.69 Å². The number of carboxylic acid groups (broad SMARTS) is 1. The number of methoxy groups -OCH3 is 1. The SMILES string of the molecule is COC(Cc1cnc(C(=O)Nc2ccc(Br)cc2C(=O)O)cn1)[C@H]1COC2(CCCCC2)O1.